The van der Waals surface area contributed by atoms with Crippen molar-refractivity contribution in [3.63, 3.8) is 0 Å². The minimum absolute atomic E-state index is 0.276. The molecule has 6 nitrogen and oxygen atoms in total. The lowest BCUT2D eigenvalue weighted by Gasteiger charge is -2.11. The third-order valence-corrected chi connectivity index (χ3v) is 5.78. The minimum atomic E-state index is -0.995. The van der Waals surface area contributed by atoms with Gasteiger partial charge in [0.15, 0.2) is 0 Å². The highest BCUT2D eigenvalue weighted by atomic mass is 35.5. The molecule has 1 atom stereocenters. The fourth-order valence-corrected chi connectivity index (χ4v) is 4.34. The van der Waals surface area contributed by atoms with Gasteiger partial charge in [0.25, 0.3) is 5.91 Å². The van der Waals surface area contributed by atoms with Gasteiger partial charge in [-0.15, -0.1) is 0 Å². The quantitative estimate of drug-likeness (QED) is 0.725. The molecule has 1 aromatic heterocycles. The maximum absolute atomic E-state index is 12.7. The van der Waals surface area contributed by atoms with E-state index in [1.807, 2.05) is 24.3 Å². The van der Waals surface area contributed by atoms with Crippen molar-refractivity contribution in [1.82, 2.24) is 9.78 Å². The molecular formula is C19H16ClN3O3S. The molecule has 1 N–H and O–H groups in total. The number of amides is 1. The highest BCUT2D eigenvalue weighted by molar-refractivity contribution is 7.83. The molecule has 1 aliphatic heterocycles. The summed E-state index contributed by atoms with van der Waals surface area (Å²) >= 11 is 5.89. The number of fused-ring (bicyclic) bond motifs is 1. The summed E-state index contributed by atoms with van der Waals surface area (Å²) in [6.45, 7) is 0. The van der Waals surface area contributed by atoms with Gasteiger partial charge in [0.2, 0.25) is 0 Å². The second-order valence-electron chi connectivity index (χ2n) is 6.07. The van der Waals surface area contributed by atoms with Gasteiger partial charge >= 0.3 is 0 Å². The van der Waals surface area contributed by atoms with Crippen molar-refractivity contribution in [2.45, 2.75) is 11.5 Å². The number of carbonyl (C=O) groups excluding carboxylic acids is 1. The van der Waals surface area contributed by atoms with Gasteiger partial charge in [0, 0.05) is 26.9 Å². The third-order valence-electron chi connectivity index (χ3n) is 4.33. The summed E-state index contributed by atoms with van der Waals surface area (Å²) in [6.07, 6.45) is 0. The van der Waals surface area contributed by atoms with Crippen LogP contribution in [0.5, 0.6) is 5.75 Å². The van der Waals surface area contributed by atoms with E-state index in [2.05, 4.69) is 10.4 Å². The van der Waals surface area contributed by atoms with Crippen molar-refractivity contribution >= 4 is 34.1 Å². The second kappa shape index (κ2) is 7.17. The van der Waals surface area contributed by atoms with Gasteiger partial charge in [0.1, 0.15) is 11.6 Å². The molecule has 2 aromatic carbocycles. The third kappa shape index (κ3) is 3.48. The first kappa shape index (κ1) is 17.8. The average Bonchev–Trinajstić information content (AvgIpc) is 3.19. The van der Waals surface area contributed by atoms with Crippen LogP contribution in [0.3, 0.4) is 0 Å². The monoisotopic (exact) mass is 401 g/mol. The summed E-state index contributed by atoms with van der Waals surface area (Å²) in [4.78, 5) is 12.7. The summed E-state index contributed by atoms with van der Waals surface area (Å²) < 4.78 is 18.8. The van der Waals surface area contributed by atoms with Crippen LogP contribution in [0.2, 0.25) is 5.02 Å². The number of hydrogen-bond acceptors (Lipinski definition) is 4. The molecule has 0 saturated carbocycles. The summed E-state index contributed by atoms with van der Waals surface area (Å²) in [5.74, 6) is 1.76. The highest BCUT2D eigenvalue weighted by Crippen LogP contribution is 2.32. The molecular weight excluding hydrogens is 386 g/mol. The predicted molar refractivity (Wildman–Crippen MR) is 105 cm³/mol. The molecule has 3 aromatic rings. The first-order valence-corrected chi connectivity index (χ1v) is 10.1. The fourth-order valence-electron chi connectivity index (χ4n) is 2.95. The van der Waals surface area contributed by atoms with Gasteiger partial charge in [-0.2, -0.15) is 5.10 Å². The first-order chi connectivity index (χ1) is 13.0. The highest BCUT2D eigenvalue weighted by Gasteiger charge is 2.28. The lowest BCUT2D eigenvalue weighted by atomic mass is 10.2. The van der Waals surface area contributed by atoms with E-state index in [1.54, 1.807) is 36.1 Å². The second-order valence-corrected chi connectivity index (χ2v) is 7.97. The number of anilines is 1. The van der Waals surface area contributed by atoms with Gasteiger partial charge in [-0.3, -0.25) is 9.00 Å². The molecule has 0 fully saturated rings. The van der Waals surface area contributed by atoms with Crippen molar-refractivity contribution < 1.29 is 13.7 Å². The van der Waals surface area contributed by atoms with E-state index < -0.39 is 10.8 Å². The number of rotatable bonds is 4. The van der Waals surface area contributed by atoms with E-state index in [0.717, 1.165) is 22.7 Å². The molecule has 2 heterocycles. The van der Waals surface area contributed by atoms with Crippen molar-refractivity contribution in [3.05, 3.63) is 70.4 Å². The number of halogens is 1. The molecule has 0 radical (unpaired) electrons. The van der Waals surface area contributed by atoms with Crippen LogP contribution in [-0.2, 0) is 22.3 Å². The van der Waals surface area contributed by atoms with E-state index in [1.165, 1.54) is 0 Å². The summed E-state index contributed by atoms with van der Waals surface area (Å²) in [5, 5.41) is 8.06. The Morgan fingerprint density at radius 1 is 1.15 bits per heavy atom. The minimum Gasteiger partial charge on any atom is -0.497 e. The molecule has 27 heavy (non-hydrogen) atoms. The van der Waals surface area contributed by atoms with E-state index in [4.69, 9.17) is 16.3 Å². The zero-order chi connectivity index (χ0) is 19.0. The van der Waals surface area contributed by atoms with Crippen LogP contribution in [0.25, 0.3) is 5.69 Å². The van der Waals surface area contributed by atoms with Crippen molar-refractivity contribution in [1.29, 1.82) is 0 Å². The molecule has 4 rings (SSSR count). The normalized spacial score (nSPS) is 15.4. The maximum Gasteiger partial charge on any atom is 0.256 e. The zero-order valence-electron chi connectivity index (χ0n) is 14.4. The number of benzene rings is 2. The maximum atomic E-state index is 12.7. The SMILES string of the molecule is COc1ccc(-n2nc3c(c2NC(=O)c2ccc(Cl)cc2)CS(=O)C3)cc1. The Bertz CT molecular complexity index is 1030. The first-order valence-electron chi connectivity index (χ1n) is 8.22. The average molecular weight is 402 g/mol. The number of ether oxygens (including phenoxy) is 1. The van der Waals surface area contributed by atoms with Crippen LogP contribution in [0.1, 0.15) is 21.6 Å². The number of carbonyl (C=O) groups is 1. The molecule has 138 valence electrons. The number of aromatic nitrogens is 2. The van der Waals surface area contributed by atoms with Gasteiger partial charge in [-0.05, 0) is 48.5 Å². The fraction of sp³-hybridized carbons (Fsp3) is 0.158. The Balaban J connectivity index is 1.72. The number of nitrogens with zero attached hydrogens (tertiary/aromatic N) is 2. The molecule has 0 aliphatic carbocycles. The molecule has 8 heteroatoms. The Labute approximate surface area is 163 Å². The molecule has 1 amide bonds. The number of methoxy groups -OCH3 is 1. The van der Waals surface area contributed by atoms with Gasteiger partial charge in [-0.25, -0.2) is 4.68 Å². The van der Waals surface area contributed by atoms with Gasteiger partial charge in [0.05, 0.1) is 30.0 Å². The van der Waals surface area contributed by atoms with E-state index in [9.17, 15) is 9.00 Å². The van der Waals surface area contributed by atoms with Crippen molar-refractivity contribution in [3.8, 4) is 11.4 Å². The molecule has 1 aliphatic rings. The van der Waals surface area contributed by atoms with E-state index >= 15 is 0 Å². The lowest BCUT2D eigenvalue weighted by molar-refractivity contribution is 0.102. The van der Waals surface area contributed by atoms with Crippen LogP contribution in [0.4, 0.5) is 5.82 Å². The van der Waals surface area contributed by atoms with Crippen LogP contribution >= 0.6 is 11.6 Å². The number of hydrogen-bond donors (Lipinski definition) is 1. The lowest BCUT2D eigenvalue weighted by Crippen LogP contribution is -2.16. The topological polar surface area (TPSA) is 73.2 Å². The van der Waals surface area contributed by atoms with Crippen LogP contribution in [0, 0.1) is 0 Å². The van der Waals surface area contributed by atoms with E-state index in [-0.39, 0.29) is 5.91 Å². The molecule has 0 bridgehead atoms. The number of nitrogens with one attached hydrogen (secondary N) is 1. The van der Waals surface area contributed by atoms with Crippen LogP contribution in [-0.4, -0.2) is 27.0 Å². The molecule has 0 saturated heterocycles. The summed E-state index contributed by atoms with van der Waals surface area (Å²) in [7, 11) is 0.606. The van der Waals surface area contributed by atoms with Gasteiger partial charge < -0.3 is 10.1 Å². The Kier molecular flexibility index (Phi) is 4.72. The zero-order valence-corrected chi connectivity index (χ0v) is 16.0. The van der Waals surface area contributed by atoms with Crippen molar-refractivity contribution in [2.24, 2.45) is 0 Å². The molecule has 0 spiro atoms. The summed E-state index contributed by atoms with van der Waals surface area (Å²) in [6, 6.07) is 14.0. The van der Waals surface area contributed by atoms with Crippen molar-refractivity contribution in [2.75, 3.05) is 12.4 Å². The van der Waals surface area contributed by atoms with E-state index in [0.29, 0.717) is 27.9 Å². The largest absolute Gasteiger partial charge is 0.497 e. The standard InChI is InChI=1S/C19H16ClN3O3S/c1-26-15-8-6-14(7-9-15)23-18(16-10-27(25)11-17(16)22-23)21-19(24)12-2-4-13(20)5-3-12/h2-9H,10-11H2,1H3,(H,21,24). The Morgan fingerprint density at radius 2 is 1.85 bits per heavy atom. The van der Waals surface area contributed by atoms with Crippen LogP contribution < -0.4 is 10.1 Å². The van der Waals surface area contributed by atoms with Gasteiger partial charge in [-0.1, -0.05) is 11.6 Å². The smallest absolute Gasteiger partial charge is 0.256 e. The Hall–Kier alpha value is -2.64. The van der Waals surface area contributed by atoms with Crippen LogP contribution in [0.15, 0.2) is 48.5 Å². The molecule has 1 unspecified atom stereocenters. The summed E-state index contributed by atoms with van der Waals surface area (Å²) in [5.41, 5.74) is 2.82. The Morgan fingerprint density at radius 3 is 2.52 bits per heavy atom. The predicted octanol–water partition coefficient (Wildman–Crippen LogP) is 3.55.